The van der Waals surface area contributed by atoms with Crippen molar-refractivity contribution in [2.45, 2.75) is 48.0 Å². The van der Waals surface area contributed by atoms with Crippen LogP contribution in [0.15, 0.2) is 6.08 Å². The van der Waals surface area contributed by atoms with Gasteiger partial charge in [-0.25, -0.2) is 4.98 Å². The second kappa shape index (κ2) is 6.12. The molecule has 110 valence electrons. The molecule has 0 aliphatic carbocycles. The molecule has 2 heterocycles. The molecule has 2 aromatic rings. The first kappa shape index (κ1) is 15.3. The summed E-state index contributed by atoms with van der Waals surface area (Å²) in [5.41, 5.74) is 7.84. The third-order valence-electron chi connectivity index (χ3n) is 3.68. The Morgan fingerprint density at radius 3 is 1.81 bits per heavy atom. The number of hydrogen-bond donors (Lipinski definition) is 0. The first-order valence-corrected chi connectivity index (χ1v) is 7.17. The molecule has 4 nitrogen and oxygen atoms in total. The molecule has 0 unspecified atom stereocenters. The van der Waals surface area contributed by atoms with Crippen molar-refractivity contribution in [2.75, 3.05) is 0 Å². The van der Waals surface area contributed by atoms with Crippen LogP contribution in [0.1, 0.15) is 45.6 Å². The molecule has 0 aliphatic rings. The summed E-state index contributed by atoms with van der Waals surface area (Å²) in [4.78, 5) is 18.2. The Labute approximate surface area is 126 Å². The highest BCUT2D eigenvalue weighted by Gasteiger charge is 2.05. The van der Waals surface area contributed by atoms with Crippen molar-refractivity contribution >= 4 is 6.08 Å². The van der Waals surface area contributed by atoms with Crippen LogP contribution >= 0.6 is 0 Å². The summed E-state index contributed by atoms with van der Waals surface area (Å²) in [5.74, 6) is 0. The van der Waals surface area contributed by atoms with Gasteiger partial charge in [0.05, 0.1) is 45.6 Å². The zero-order valence-electron chi connectivity index (χ0n) is 13.7. The van der Waals surface area contributed by atoms with Gasteiger partial charge in [0.1, 0.15) is 0 Å². The fourth-order valence-electron chi connectivity index (χ4n) is 2.13. The van der Waals surface area contributed by atoms with E-state index in [1.807, 2.05) is 47.6 Å². The van der Waals surface area contributed by atoms with Gasteiger partial charge in [-0.05, 0) is 47.6 Å². The third kappa shape index (κ3) is 3.51. The lowest BCUT2D eigenvalue weighted by atomic mass is 10.2. The lowest BCUT2D eigenvalue weighted by Crippen LogP contribution is -2.02. The van der Waals surface area contributed by atoms with Gasteiger partial charge in [-0.3, -0.25) is 15.0 Å². The Morgan fingerprint density at radius 1 is 0.619 bits per heavy atom. The highest BCUT2D eigenvalue weighted by Crippen LogP contribution is 2.11. The first-order valence-electron chi connectivity index (χ1n) is 7.17. The lowest BCUT2D eigenvalue weighted by molar-refractivity contribution is 0.930. The van der Waals surface area contributed by atoms with Crippen molar-refractivity contribution in [1.82, 2.24) is 19.9 Å². The standard InChI is InChI=1S/C17H22N4/c1-10-12(3)20-16(14(5)18-10)8-7-9-17-15(6)19-11(2)13(4)21-17/h7-8H,9H2,1-6H3/b8-7+. The average Bonchev–Trinajstić information content (AvgIpc) is 2.41. The molecular formula is C17H22N4. The van der Waals surface area contributed by atoms with Crippen LogP contribution in [0.3, 0.4) is 0 Å². The summed E-state index contributed by atoms with van der Waals surface area (Å²) in [6, 6.07) is 0. The van der Waals surface area contributed by atoms with E-state index in [0.717, 1.165) is 52.0 Å². The topological polar surface area (TPSA) is 51.6 Å². The van der Waals surface area contributed by atoms with Crippen LogP contribution in [0, 0.1) is 41.5 Å². The predicted octanol–water partition coefficient (Wildman–Crippen LogP) is 3.37. The molecule has 0 aliphatic heterocycles. The third-order valence-corrected chi connectivity index (χ3v) is 3.68. The van der Waals surface area contributed by atoms with Gasteiger partial charge in [0, 0.05) is 6.42 Å². The van der Waals surface area contributed by atoms with E-state index in [0.29, 0.717) is 0 Å². The number of nitrogens with zero attached hydrogens (tertiary/aromatic N) is 4. The summed E-state index contributed by atoms with van der Waals surface area (Å²) in [6.07, 6.45) is 4.86. The van der Waals surface area contributed by atoms with Gasteiger partial charge in [0.2, 0.25) is 0 Å². The maximum absolute atomic E-state index is 4.61. The first-order chi connectivity index (χ1) is 9.88. The van der Waals surface area contributed by atoms with Crippen molar-refractivity contribution < 1.29 is 0 Å². The van der Waals surface area contributed by atoms with Crippen LogP contribution in [0.4, 0.5) is 0 Å². The fourth-order valence-corrected chi connectivity index (χ4v) is 2.13. The van der Waals surface area contributed by atoms with E-state index in [-0.39, 0.29) is 0 Å². The largest absolute Gasteiger partial charge is 0.255 e. The molecule has 0 fully saturated rings. The molecule has 2 aromatic heterocycles. The van der Waals surface area contributed by atoms with Gasteiger partial charge in [-0.1, -0.05) is 6.08 Å². The molecule has 0 spiro atoms. The number of aryl methyl sites for hydroxylation is 6. The van der Waals surface area contributed by atoms with Crippen molar-refractivity contribution in [3.8, 4) is 0 Å². The molecule has 0 amide bonds. The van der Waals surface area contributed by atoms with Crippen LogP contribution < -0.4 is 0 Å². The summed E-state index contributed by atoms with van der Waals surface area (Å²) in [5, 5.41) is 0. The van der Waals surface area contributed by atoms with Gasteiger partial charge in [0.15, 0.2) is 0 Å². The van der Waals surface area contributed by atoms with Crippen molar-refractivity contribution in [1.29, 1.82) is 0 Å². The maximum Gasteiger partial charge on any atom is 0.0842 e. The van der Waals surface area contributed by atoms with E-state index in [9.17, 15) is 0 Å². The van der Waals surface area contributed by atoms with Crippen LogP contribution in [-0.4, -0.2) is 19.9 Å². The van der Waals surface area contributed by atoms with Crippen molar-refractivity contribution in [3.63, 3.8) is 0 Å². The van der Waals surface area contributed by atoms with E-state index in [1.165, 1.54) is 0 Å². The SMILES string of the molecule is Cc1nc(C)c(/C=C/Cc2nc(C)c(C)nc2C)nc1C. The van der Waals surface area contributed by atoms with E-state index in [1.54, 1.807) is 0 Å². The Bertz CT molecular complexity index is 702. The second-order valence-corrected chi connectivity index (χ2v) is 5.40. The molecule has 2 rings (SSSR count). The molecule has 0 saturated heterocycles. The van der Waals surface area contributed by atoms with Gasteiger partial charge in [-0.15, -0.1) is 0 Å². The summed E-state index contributed by atoms with van der Waals surface area (Å²) in [7, 11) is 0. The van der Waals surface area contributed by atoms with E-state index < -0.39 is 0 Å². The molecule has 21 heavy (non-hydrogen) atoms. The van der Waals surface area contributed by atoms with E-state index in [4.69, 9.17) is 0 Å². The Balaban J connectivity index is 2.20. The van der Waals surface area contributed by atoms with Crippen LogP contribution in [0.2, 0.25) is 0 Å². The van der Waals surface area contributed by atoms with Gasteiger partial charge in [-0.2, -0.15) is 0 Å². The normalized spacial score (nSPS) is 11.3. The zero-order chi connectivity index (χ0) is 15.6. The zero-order valence-corrected chi connectivity index (χ0v) is 13.7. The molecular weight excluding hydrogens is 260 g/mol. The Kier molecular flexibility index (Phi) is 4.46. The molecule has 0 aromatic carbocycles. The molecule has 0 bridgehead atoms. The highest BCUT2D eigenvalue weighted by atomic mass is 14.8. The Morgan fingerprint density at radius 2 is 1.14 bits per heavy atom. The molecule has 0 N–H and O–H groups in total. The predicted molar refractivity (Wildman–Crippen MR) is 85.2 cm³/mol. The highest BCUT2D eigenvalue weighted by molar-refractivity contribution is 5.48. The monoisotopic (exact) mass is 282 g/mol. The number of rotatable bonds is 3. The number of hydrogen-bond acceptors (Lipinski definition) is 4. The number of aromatic nitrogens is 4. The minimum absolute atomic E-state index is 0.758. The average molecular weight is 282 g/mol. The smallest absolute Gasteiger partial charge is 0.0842 e. The van der Waals surface area contributed by atoms with Crippen LogP contribution in [-0.2, 0) is 6.42 Å². The minimum Gasteiger partial charge on any atom is -0.255 e. The Hall–Kier alpha value is -2.10. The quantitative estimate of drug-likeness (QED) is 0.866. The second-order valence-electron chi connectivity index (χ2n) is 5.40. The summed E-state index contributed by atoms with van der Waals surface area (Å²) < 4.78 is 0. The van der Waals surface area contributed by atoms with Gasteiger partial charge < -0.3 is 0 Å². The molecule has 0 atom stereocenters. The summed E-state index contributed by atoms with van der Waals surface area (Å²) in [6.45, 7) is 11.9. The molecule has 0 radical (unpaired) electrons. The fraction of sp³-hybridized carbons (Fsp3) is 0.412. The minimum atomic E-state index is 0.758. The summed E-state index contributed by atoms with van der Waals surface area (Å²) >= 11 is 0. The van der Waals surface area contributed by atoms with Crippen molar-refractivity contribution in [2.24, 2.45) is 0 Å². The number of allylic oxidation sites excluding steroid dienone is 1. The lowest BCUT2D eigenvalue weighted by Gasteiger charge is -2.06. The van der Waals surface area contributed by atoms with E-state index >= 15 is 0 Å². The molecule has 0 saturated carbocycles. The van der Waals surface area contributed by atoms with Gasteiger partial charge in [0.25, 0.3) is 0 Å². The van der Waals surface area contributed by atoms with Crippen LogP contribution in [0.25, 0.3) is 6.08 Å². The van der Waals surface area contributed by atoms with Crippen LogP contribution in [0.5, 0.6) is 0 Å². The maximum atomic E-state index is 4.61. The van der Waals surface area contributed by atoms with Gasteiger partial charge >= 0.3 is 0 Å². The van der Waals surface area contributed by atoms with Crippen molar-refractivity contribution in [3.05, 3.63) is 51.6 Å². The van der Waals surface area contributed by atoms with E-state index in [2.05, 4.69) is 26.0 Å². The molecule has 4 heteroatoms.